The highest BCUT2D eigenvalue weighted by molar-refractivity contribution is 14.1. The lowest BCUT2D eigenvalue weighted by molar-refractivity contribution is -0.115. The van der Waals surface area contributed by atoms with Crippen LogP contribution in [0.4, 0.5) is 5.69 Å². The molecule has 0 saturated carbocycles. The summed E-state index contributed by atoms with van der Waals surface area (Å²) in [7, 11) is 0. The van der Waals surface area contributed by atoms with E-state index in [9.17, 15) is 9.59 Å². The molecule has 0 radical (unpaired) electrons. The van der Waals surface area contributed by atoms with E-state index in [1.54, 1.807) is 24.3 Å². The molecule has 0 aliphatic heterocycles. The fourth-order valence-corrected chi connectivity index (χ4v) is 2.73. The molecule has 0 aromatic heterocycles. The third-order valence-electron chi connectivity index (χ3n) is 2.93. The summed E-state index contributed by atoms with van der Waals surface area (Å²) in [6.07, 6.45) is 0. The van der Waals surface area contributed by atoms with Crippen molar-refractivity contribution in [3.05, 3.63) is 62.2 Å². The maximum Gasteiger partial charge on any atom is 0.252 e. The molecule has 0 atom stereocenters. The number of nitrogens with one attached hydrogen (secondary N) is 2. The minimum atomic E-state index is -0.329. The zero-order valence-electron chi connectivity index (χ0n) is 11.8. The van der Waals surface area contributed by atoms with Gasteiger partial charge < -0.3 is 10.6 Å². The summed E-state index contributed by atoms with van der Waals surface area (Å²) in [5.74, 6) is -0.611. The predicted octanol–water partition coefficient (Wildman–Crippen LogP) is 3.62. The minimum Gasteiger partial charge on any atom is -0.343 e. The van der Waals surface area contributed by atoms with Crippen molar-refractivity contribution in [3.63, 3.8) is 0 Å². The van der Waals surface area contributed by atoms with Gasteiger partial charge in [-0.15, -0.1) is 0 Å². The smallest absolute Gasteiger partial charge is 0.252 e. The van der Waals surface area contributed by atoms with Crippen LogP contribution in [0.3, 0.4) is 0 Å². The Labute approximate surface area is 147 Å². The molecule has 4 nitrogen and oxygen atoms in total. The Balaban J connectivity index is 1.93. The zero-order chi connectivity index (χ0) is 16.1. The number of halogens is 2. The van der Waals surface area contributed by atoms with Crippen LogP contribution in [0.25, 0.3) is 0 Å². The topological polar surface area (TPSA) is 58.2 Å². The van der Waals surface area contributed by atoms with Gasteiger partial charge in [0.15, 0.2) is 0 Å². The maximum atomic E-state index is 12.0. The fourth-order valence-electron chi connectivity index (χ4n) is 1.82. The number of anilines is 1. The van der Waals surface area contributed by atoms with Crippen molar-refractivity contribution in [2.75, 3.05) is 11.9 Å². The van der Waals surface area contributed by atoms with Gasteiger partial charge in [-0.1, -0.05) is 29.8 Å². The van der Waals surface area contributed by atoms with Gasteiger partial charge in [-0.25, -0.2) is 0 Å². The van der Waals surface area contributed by atoms with Crippen molar-refractivity contribution in [2.24, 2.45) is 0 Å². The molecule has 0 aliphatic carbocycles. The van der Waals surface area contributed by atoms with Crippen LogP contribution in [0.15, 0.2) is 42.5 Å². The summed E-state index contributed by atoms with van der Waals surface area (Å²) < 4.78 is 0.833. The van der Waals surface area contributed by atoms with Crippen LogP contribution in [0.1, 0.15) is 15.9 Å². The van der Waals surface area contributed by atoms with Gasteiger partial charge in [0, 0.05) is 3.57 Å². The highest BCUT2D eigenvalue weighted by Gasteiger charge is 2.11. The Bertz CT molecular complexity index is 719. The third kappa shape index (κ3) is 4.45. The monoisotopic (exact) mass is 428 g/mol. The fraction of sp³-hybridized carbons (Fsp3) is 0.125. The normalized spacial score (nSPS) is 10.1. The van der Waals surface area contributed by atoms with Gasteiger partial charge >= 0.3 is 0 Å². The number of amides is 2. The molecule has 0 aliphatic rings. The van der Waals surface area contributed by atoms with Crippen LogP contribution < -0.4 is 10.6 Å². The molecule has 2 rings (SSSR count). The average Bonchev–Trinajstić information content (AvgIpc) is 2.48. The molecule has 2 amide bonds. The van der Waals surface area contributed by atoms with Gasteiger partial charge in [0.25, 0.3) is 5.91 Å². The summed E-state index contributed by atoms with van der Waals surface area (Å²) >= 11 is 8.13. The molecule has 0 heterocycles. The Morgan fingerprint density at radius 2 is 1.91 bits per heavy atom. The number of benzene rings is 2. The van der Waals surface area contributed by atoms with E-state index in [1.807, 2.05) is 25.1 Å². The van der Waals surface area contributed by atoms with Crippen molar-refractivity contribution in [2.45, 2.75) is 6.92 Å². The molecule has 6 heteroatoms. The summed E-state index contributed by atoms with van der Waals surface area (Å²) in [6.45, 7) is 1.80. The standard InChI is InChI=1S/C16H14ClIN2O2/c1-10-6-7-14(12(17)8-10)20-15(21)9-19-16(22)11-4-2-3-5-13(11)18/h2-8H,9H2,1H3,(H,19,22)(H,20,21). The van der Waals surface area contributed by atoms with Gasteiger partial charge in [0.1, 0.15) is 0 Å². The molecule has 2 aromatic rings. The molecule has 0 spiro atoms. The molecular formula is C16H14ClIN2O2. The molecule has 0 unspecified atom stereocenters. The van der Waals surface area contributed by atoms with Crippen LogP contribution in [-0.4, -0.2) is 18.4 Å². The highest BCUT2D eigenvalue weighted by Crippen LogP contribution is 2.22. The SMILES string of the molecule is Cc1ccc(NC(=O)CNC(=O)c2ccccc2I)c(Cl)c1. The summed E-state index contributed by atoms with van der Waals surface area (Å²) in [4.78, 5) is 23.9. The number of aryl methyl sites for hydroxylation is 1. The summed E-state index contributed by atoms with van der Waals surface area (Å²) in [6, 6.07) is 12.5. The molecule has 0 saturated heterocycles. The lowest BCUT2D eigenvalue weighted by atomic mass is 10.2. The van der Waals surface area contributed by atoms with Crippen LogP contribution in [0.2, 0.25) is 5.02 Å². The van der Waals surface area contributed by atoms with E-state index in [2.05, 4.69) is 33.2 Å². The van der Waals surface area contributed by atoms with Crippen LogP contribution >= 0.6 is 34.2 Å². The highest BCUT2D eigenvalue weighted by atomic mass is 127. The van der Waals surface area contributed by atoms with Crippen LogP contribution in [-0.2, 0) is 4.79 Å². The Kier molecular flexibility index (Phi) is 5.79. The van der Waals surface area contributed by atoms with Gasteiger partial charge in [0.2, 0.25) is 5.91 Å². The third-order valence-corrected chi connectivity index (χ3v) is 4.18. The van der Waals surface area contributed by atoms with Crippen molar-refractivity contribution >= 4 is 51.7 Å². The van der Waals surface area contributed by atoms with E-state index < -0.39 is 0 Å². The van der Waals surface area contributed by atoms with E-state index in [0.717, 1.165) is 9.13 Å². The first-order chi connectivity index (χ1) is 10.5. The average molecular weight is 429 g/mol. The van der Waals surface area contributed by atoms with Gasteiger partial charge in [-0.3, -0.25) is 9.59 Å². The Morgan fingerprint density at radius 3 is 2.59 bits per heavy atom. The first-order valence-corrected chi connectivity index (χ1v) is 8.02. The number of rotatable bonds is 4. The molecule has 0 fully saturated rings. The molecular weight excluding hydrogens is 415 g/mol. The Morgan fingerprint density at radius 1 is 1.18 bits per heavy atom. The largest absolute Gasteiger partial charge is 0.343 e. The first kappa shape index (κ1) is 16.8. The Hall–Kier alpha value is -1.60. The zero-order valence-corrected chi connectivity index (χ0v) is 14.7. The summed E-state index contributed by atoms with van der Waals surface area (Å²) in [5, 5.41) is 5.73. The molecule has 2 N–H and O–H groups in total. The van der Waals surface area contributed by atoms with E-state index in [4.69, 9.17) is 11.6 Å². The second-order valence-electron chi connectivity index (χ2n) is 4.69. The lowest BCUT2D eigenvalue weighted by Crippen LogP contribution is -2.33. The first-order valence-electron chi connectivity index (χ1n) is 6.56. The van der Waals surface area contributed by atoms with E-state index >= 15 is 0 Å². The molecule has 0 bridgehead atoms. The second kappa shape index (κ2) is 7.60. The molecule has 2 aromatic carbocycles. The van der Waals surface area contributed by atoms with Crippen molar-refractivity contribution in [1.82, 2.24) is 5.32 Å². The maximum absolute atomic E-state index is 12.0. The van der Waals surface area contributed by atoms with E-state index in [1.165, 1.54) is 0 Å². The second-order valence-corrected chi connectivity index (χ2v) is 6.26. The minimum absolute atomic E-state index is 0.117. The molecule has 22 heavy (non-hydrogen) atoms. The van der Waals surface area contributed by atoms with Gasteiger partial charge in [0.05, 0.1) is 22.8 Å². The van der Waals surface area contributed by atoms with E-state index in [0.29, 0.717) is 16.3 Å². The quantitative estimate of drug-likeness (QED) is 0.731. The van der Waals surface area contributed by atoms with Crippen molar-refractivity contribution in [3.8, 4) is 0 Å². The number of hydrogen-bond donors (Lipinski definition) is 2. The van der Waals surface area contributed by atoms with Crippen LogP contribution in [0, 0.1) is 10.5 Å². The van der Waals surface area contributed by atoms with E-state index in [-0.39, 0.29) is 18.4 Å². The van der Waals surface area contributed by atoms with Gasteiger partial charge in [-0.2, -0.15) is 0 Å². The number of hydrogen-bond acceptors (Lipinski definition) is 2. The van der Waals surface area contributed by atoms with Crippen molar-refractivity contribution in [1.29, 1.82) is 0 Å². The van der Waals surface area contributed by atoms with Crippen molar-refractivity contribution < 1.29 is 9.59 Å². The number of carbonyl (C=O) groups excluding carboxylic acids is 2. The predicted molar refractivity (Wildman–Crippen MR) is 96.3 cm³/mol. The number of carbonyl (C=O) groups is 2. The van der Waals surface area contributed by atoms with Gasteiger partial charge in [-0.05, 0) is 59.3 Å². The molecule has 114 valence electrons. The lowest BCUT2D eigenvalue weighted by Gasteiger charge is -2.09. The van der Waals surface area contributed by atoms with Crippen LogP contribution in [0.5, 0.6) is 0 Å². The summed E-state index contributed by atoms with van der Waals surface area (Å²) in [5.41, 5.74) is 2.08.